The fourth-order valence-corrected chi connectivity index (χ4v) is 13.2. The summed E-state index contributed by atoms with van der Waals surface area (Å²) in [6.07, 6.45) is 9.77. The Balaban J connectivity index is 0.863. The number of aliphatic hydroxyl groups excluding tert-OH is 1. The van der Waals surface area contributed by atoms with Crippen molar-refractivity contribution in [3.63, 3.8) is 0 Å². The van der Waals surface area contributed by atoms with Gasteiger partial charge in [0.05, 0.1) is 12.2 Å². The number of rotatable bonds is 26. The number of urea groups is 1. The molecule has 0 aromatic heterocycles. The summed E-state index contributed by atoms with van der Waals surface area (Å²) >= 11 is 0. The number of nitrogens with one attached hydrogen (secondary N) is 4. The van der Waals surface area contributed by atoms with E-state index in [-0.39, 0.29) is 106 Å². The normalized spacial score (nSPS) is 27.5. The number of amides is 9. The number of likely N-dealkylation sites (N-methyl/N-ethyl adjacent to an activating group) is 2. The summed E-state index contributed by atoms with van der Waals surface area (Å²) in [6.45, 7) is 9.35. The molecule has 1 unspecified atom stereocenters. The molecule has 9 amide bonds. The molecule has 6 aliphatic rings. The smallest absolute Gasteiger partial charge is 0.409 e. The Labute approximate surface area is 478 Å². The van der Waals surface area contributed by atoms with Crippen LogP contribution in [0.1, 0.15) is 117 Å². The molecule has 1 aromatic carbocycles. The number of benzene rings is 1. The fourth-order valence-electron chi connectivity index (χ4n) is 13.2. The minimum absolute atomic E-state index is 0.0251. The number of hydrogen-bond acceptors (Lipinski definition) is 15. The van der Waals surface area contributed by atoms with Gasteiger partial charge >= 0.3 is 18.2 Å². The first-order chi connectivity index (χ1) is 38.9. The Kier molecular flexibility index (Phi) is 20.6. The van der Waals surface area contributed by atoms with E-state index >= 15 is 0 Å². The topological polar surface area (TPSA) is 312 Å². The average Bonchev–Trinajstić information content (AvgIpc) is 1.55. The molecule has 3 saturated carbocycles. The van der Waals surface area contributed by atoms with Gasteiger partial charge in [0.25, 0.3) is 11.8 Å². The predicted molar refractivity (Wildman–Crippen MR) is 297 cm³/mol. The molecule has 7 N–H and O–H groups in total. The third-order valence-electron chi connectivity index (χ3n) is 17.6. The molecule has 2 heterocycles. The molecule has 4 aliphatic carbocycles. The molecule has 0 bridgehead atoms. The summed E-state index contributed by atoms with van der Waals surface area (Å²) < 4.78 is 24.4. The monoisotopic (exact) mass is 1140 g/mol. The van der Waals surface area contributed by atoms with Crippen molar-refractivity contribution in [2.45, 2.75) is 154 Å². The number of Topliss-reactive ketones (excluding diaryl/α,β-unsaturated/α-hetero) is 1. The number of carbonyl (C=O) groups excluding carboxylic acids is 10. The van der Waals surface area contributed by atoms with Crippen LogP contribution in [0.5, 0.6) is 0 Å². The highest BCUT2D eigenvalue weighted by Gasteiger charge is 2.76. The van der Waals surface area contributed by atoms with Gasteiger partial charge in [-0.25, -0.2) is 14.4 Å². The number of primary amides is 1. The lowest BCUT2D eigenvalue weighted by Crippen LogP contribution is -2.63. The highest BCUT2D eigenvalue weighted by atomic mass is 16.7. The minimum atomic E-state index is -1.46. The van der Waals surface area contributed by atoms with Crippen LogP contribution < -0.4 is 27.0 Å². The number of fused-ring (bicyclic) bond motifs is 7. The lowest BCUT2D eigenvalue weighted by Gasteiger charge is -2.59. The van der Waals surface area contributed by atoms with E-state index in [1.54, 1.807) is 50.3 Å². The number of ether oxygens (including phenoxy) is 4. The molecule has 23 nitrogen and oxygen atoms in total. The van der Waals surface area contributed by atoms with Crippen molar-refractivity contribution in [3.05, 3.63) is 65.8 Å². The SMILES string of the molecule is CCCC1O[C@H]2C[C@H]3[C@@H]4CCC5=CC(=O)C=C[C@]5(C)[C@H]4[C@@H](O)C[C@]3(C)[C@]2(C(=O)COC(=O)N(C)CCN(C)C(=O)OCc2ccc(NC(=O)[C@H](CCCNC(N)=O)NC(=O)[C@@H](NC(=O)CCCCCN3C(=O)C=CC3=O)C(C)C)cc2)O1. The molecule has 2 aliphatic heterocycles. The van der Waals surface area contributed by atoms with Gasteiger partial charge in [-0.1, -0.05) is 71.2 Å². The fraction of sp³-hybridized carbons (Fsp3) is 0.627. The molecule has 448 valence electrons. The van der Waals surface area contributed by atoms with Crippen LogP contribution in [0.4, 0.5) is 20.1 Å². The quantitative estimate of drug-likeness (QED) is 0.0547. The number of anilines is 1. The maximum Gasteiger partial charge on any atom is 0.409 e. The maximum atomic E-state index is 14.7. The Morgan fingerprint density at radius 2 is 1.57 bits per heavy atom. The van der Waals surface area contributed by atoms with Crippen molar-refractivity contribution in [2.75, 3.05) is 52.2 Å². The summed E-state index contributed by atoms with van der Waals surface area (Å²) in [6, 6.07) is 3.65. The first-order valence-electron chi connectivity index (χ1n) is 28.7. The second-order valence-electron chi connectivity index (χ2n) is 23.5. The maximum absolute atomic E-state index is 14.7. The van der Waals surface area contributed by atoms with Crippen molar-refractivity contribution >= 4 is 65.0 Å². The van der Waals surface area contributed by atoms with Crippen molar-refractivity contribution in [1.29, 1.82) is 0 Å². The number of unbranched alkanes of at least 4 members (excludes halogenated alkanes) is 2. The number of hydrogen-bond donors (Lipinski definition) is 6. The predicted octanol–water partition coefficient (Wildman–Crippen LogP) is 4.56. The van der Waals surface area contributed by atoms with E-state index < -0.39 is 89.4 Å². The summed E-state index contributed by atoms with van der Waals surface area (Å²) in [7, 11) is 2.99. The van der Waals surface area contributed by atoms with Crippen LogP contribution in [0.2, 0.25) is 0 Å². The van der Waals surface area contributed by atoms with Crippen molar-refractivity contribution in [2.24, 2.45) is 40.2 Å². The van der Waals surface area contributed by atoms with Crippen LogP contribution in [0.3, 0.4) is 0 Å². The van der Waals surface area contributed by atoms with Crippen LogP contribution in [-0.2, 0) is 59.1 Å². The number of nitrogens with zero attached hydrogens (tertiary/aromatic N) is 3. The van der Waals surface area contributed by atoms with Crippen molar-refractivity contribution in [3.8, 4) is 0 Å². The summed E-state index contributed by atoms with van der Waals surface area (Å²) in [5.74, 6) is -3.28. The second kappa shape index (κ2) is 26.9. The zero-order valence-electron chi connectivity index (χ0n) is 48.2. The Bertz CT molecular complexity index is 2680. The van der Waals surface area contributed by atoms with Gasteiger partial charge in [-0.05, 0) is 105 Å². The van der Waals surface area contributed by atoms with Gasteiger partial charge in [0.2, 0.25) is 23.5 Å². The number of nitrogens with two attached hydrogens (primary N) is 1. The van der Waals surface area contributed by atoms with Gasteiger partial charge in [-0.15, -0.1) is 0 Å². The molecule has 11 atom stereocenters. The van der Waals surface area contributed by atoms with E-state index in [1.165, 1.54) is 36.0 Å². The molecule has 1 saturated heterocycles. The molecule has 23 heteroatoms. The van der Waals surface area contributed by atoms with Crippen LogP contribution in [0, 0.1) is 34.5 Å². The zero-order valence-corrected chi connectivity index (χ0v) is 48.2. The number of allylic oxidation sites excluding steroid dienone is 4. The molecule has 7 rings (SSSR count). The van der Waals surface area contributed by atoms with Gasteiger partial charge in [0.1, 0.15) is 18.7 Å². The van der Waals surface area contributed by atoms with Crippen molar-refractivity contribution in [1.82, 2.24) is 30.7 Å². The second-order valence-corrected chi connectivity index (χ2v) is 23.5. The third kappa shape index (κ3) is 13.9. The van der Waals surface area contributed by atoms with E-state index in [4.69, 9.17) is 24.7 Å². The van der Waals surface area contributed by atoms with Crippen LogP contribution in [0.15, 0.2) is 60.2 Å². The highest BCUT2D eigenvalue weighted by molar-refractivity contribution is 6.12. The summed E-state index contributed by atoms with van der Waals surface area (Å²) in [4.78, 5) is 132. The molecule has 4 fully saturated rings. The van der Waals surface area contributed by atoms with Crippen LogP contribution >= 0.6 is 0 Å². The molecular weight excluding hydrogens is 1060 g/mol. The molecule has 0 radical (unpaired) electrons. The Morgan fingerprint density at radius 1 is 0.890 bits per heavy atom. The van der Waals surface area contributed by atoms with Gasteiger partial charge in [-0.3, -0.25) is 38.5 Å². The largest absolute Gasteiger partial charge is 0.445 e. The zero-order chi connectivity index (χ0) is 59.7. The van der Waals surface area contributed by atoms with Gasteiger partial charge in [0, 0.05) is 81.3 Å². The Hall–Kier alpha value is -6.98. The lowest BCUT2D eigenvalue weighted by molar-refractivity contribution is -0.200. The third-order valence-corrected chi connectivity index (χ3v) is 17.6. The molecule has 82 heavy (non-hydrogen) atoms. The van der Waals surface area contributed by atoms with E-state index in [0.717, 1.165) is 23.3 Å². The Morgan fingerprint density at radius 3 is 2.23 bits per heavy atom. The average molecular weight is 1140 g/mol. The van der Waals surface area contributed by atoms with Gasteiger partial charge in [-0.2, -0.15) is 0 Å². The molecule has 0 spiro atoms. The van der Waals surface area contributed by atoms with E-state index in [1.807, 2.05) is 19.9 Å². The van der Waals surface area contributed by atoms with Gasteiger partial charge < -0.3 is 60.9 Å². The number of aliphatic hydroxyl groups is 1. The van der Waals surface area contributed by atoms with E-state index in [9.17, 15) is 53.1 Å². The van der Waals surface area contributed by atoms with Gasteiger partial charge in [0.15, 0.2) is 24.3 Å². The number of carbonyl (C=O) groups is 10. The number of ketones is 2. The van der Waals surface area contributed by atoms with Crippen LogP contribution in [-0.4, -0.2) is 162 Å². The lowest BCUT2D eigenvalue weighted by atomic mass is 9.46. The highest BCUT2D eigenvalue weighted by Crippen LogP contribution is 2.69. The van der Waals surface area contributed by atoms with Crippen molar-refractivity contribution < 1.29 is 72.0 Å². The first-order valence-corrected chi connectivity index (χ1v) is 28.7. The van der Waals surface area contributed by atoms with E-state index in [0.29, 0.717) is 49.8 Å². The number of imide groups is 1. The summed E-state index contributed by atoms with van der Waals surface area (Å²) in [5, 5.41) is 22.8. The minimum Gasteiger partial charge on any atom is -0.445 e. The molecule has 1 aromatic rings. The standard InChI is InChI=1S/C59H82N8O15/c1-8-13-49-81-45-31-41-40-21-18-37-30-39(68)24-25-57(37,4)50(40)43(69)32-58(41,5)59(45,82-49)44(70)34-80-56(78)66(7)29-28-65(6)55(77)79-33-36-16-19-38(20-17-36)62-52(74)42(14-12-26-61-54(60)76)63-53(75)51(35(2)3)64-46(71)15-10-9-11-27-67-47(72)22-23-48(67)73/h16-17,19-20,22-25,30,35,40-43,45,49-51,69H,8-15,18,21,26-29,31-34H2,1-7H3,(H,62,74)(H,63,75)(H,64,71)(H3,60,61,76)/t40-,41-,42-,43-,45-,49?,50+,51-,57-,58-,59+/m0/s1. The summed E-state index contributed by atoms with van der Waals surface area (Å²) in [5.41, 5.74) is 4.39. The first kappa shape index (κ1) is 62.6. The van der Waals surface area contributed by atoms with E-state index in [2.05, 4.69) is 28.2 Å². The molecular formula is C59H82N8O15. The van der Waals surface area contributed by atoms with Crippen LogP contribution in [0.25, 0.3) is 0 Å².